The number of carbonyl (C=O) groups excluding carboxylic acids is 1. The summed E-state index contributed by atoms with van der Waals surface area (Å²) in [6, 6.07) is 10.7. The van der Waals surface area contributed by atoms with E-state index in [1.165, 1.54) is 25.7 Å². The van der Waals surface area contributed by atoms with Gasteiger partial charge in [-0.3, -0.25) is 4.79 Å². The molecule has 0 saturated carbocycles. The van der Waals surface area contributed by atoms with Crippen molar-refractivity contribution in [3.63, 3.8) is 0 Å². The molecule has 5 nitrogen and oxygen atoms in total. The molecule has 1 aromatic heterocycles. The van der Waals surface area contributed by atoms with Crippen LogP contribution in [-0.2, 0) is 4.79 Å². The molecular formula is C19H22ClN3O2. The van der Waals surface area contributed by atoms with E-state index in [0.717, 1.165) is 18.8 Å². The Morgan fingerprint density at radius 3 is 2.44 bits per heavy atom. The van der Waals surface area contributed by atoms with Gasteiger partial charge in [0.1, 0.15) is 11.6 Å². The van der Waals surface area contributed by atoms with Gasteiger partial charge < -0.3 is 15.0 Å². The number of nitrogens with zero attached hydrogens (tertiary/aromatic N) is 2. The minimum Gasteiger partial charge on any atom is -0.484 e. The number of nitrogens with one attached hydrogen (secondary N) is 1. The van der Waals surface area contributed by atoms with Crippen LogP contribution in [0.1, 0.15) is 25.7 Å². The molecule has 132 valence electrons. The number of ether oxygens (including phenoxy) is 1. The second-order valence-electron chi connectivity index (χ2n) is 6.09. The van der Waals surface area contributed by atoms with Crippen molar-refractivity contribution in [2.24, 2.45) is 0 Å². The zero-order valence-corrected chi connectivity index (χ0v) is 14.8. The normalized spacial score (nSPS) is 14.7. The van der Waals surface area contributed by atoms with Gasteiger partial charge in [-0.15, -0.1) is 0 Å². The standard InChI is InChI=1S/C19H22ClN3O2/c20-15-5-8-17(9-6-15)25-14-19(24)22-18-10-7-16(13-21-18)23-11-3-1-2-4-12-23/h5-10,13H,1-4,11-12,14H2,(H,21,22,24). The molecule has 0 aliphatic carbocycles. The molecule has 0 spiro atoms. The summed E-state index contributed by atoms with van der Waals surface area (Å²) in [5, 5.41) is 3.38. The monoisotopic (exact) mass is 359 g/mol. The van der Waals surface area contributed by atoms with Crippen molar-refractivity contribution in [1.29, 1.82) is 0 Å². The highest BCUT2D eigenvalue weighted by Gasteiger charge is 2.11. The molecule has 1 aromatic carbocycles. The summed E-state index contributed by atoms with van der Waals surface area (Å²) in [7, 11) is 0. The maximum absolute atomic E-state index is 12.0. The number of anilines is 2. The molecule has 25 heavy (non-hydrogen) atoms. The lowest BCUT2D eigenvalue weighted by Gasteiger charge is -2.22. The van der Waals surface area contributed by atoms with Crippen LogP contribution in [0.5, 0.6) is 5.75 Å². The summed E-state index contributed by atoms with van der Waals surface area (Å²) in [5.41, 5.74) is 1.11. The lowest BCUT2D eigenvalue weighted by molar-refractivity contribution is -0.118. The molecular weight excluding hydrogens is 338 g/mol. The summed E-state index contributed by atoms with van der Waals surface area (Å²) in [6.45, 7) is 2.07. The van der Waals surface area contributed by atoms with Crippen LogP contribution in [0, 0.1) is 0 Å². The first-order chi connectivity index (χ1) is 12.2. The first-order valence-electron chi connectivity index (χ1n) is 8.60. The number of hydrogen-bond acceptors (Lipinski definition) is 4. The molecule has 3 rings (SSSR count). The summed E-state index contributed by atoms with van der Waals surface area (Å²) < 4.78 is 5.42. The van der Waals surface area contributed by atoms with Crippen LogP contribution in [0.3, 0.4) is 0 Å². The largest absolute Gasteiger partial charge is 0.484 e. The van der Waals surface area contributed by atoms with Gasteiger partial charge in [-0.05, 0) is 49.2 Å². The molecule has 0 atom stereocenters. The topological polar surface area (TPSA) is 54.5 Å². The molecule has 0 radical (unpaired) electrons. The molecule has 0 unspecified atom stereocenters. The van der Waals surface area contributed by atoms with Gasteiger partial charge in [-0.1, -0.05) is 24.4 Å². The molecule has 1 amide bonds. The quantitative estimate of drug-likeness (QED) is 0.872. The first-order valence-corrected chi connectivity index (χ1v) is 8.98. The highest BCUT2D eigenvalue weighted by atomic mass is 35.5. The van der Waals surface area contributed by atoms with Crippen LogP contribution in [0.15, 0.2) is 42.6 Å². The van der Waals surface area contributed by atoms with Crippen molar-refractivity contribution in [3.05, 3.63) is 47.6 Å². The molecule has 2 aromatic rings. The van der Waals surface area contributed by atoms with Crippen LogP contribution in [0.4, 0.5) is 11.5 Å². The Hall–Kier alpha value is -2.27. The van der Waals surface area contributed by atoms with E-state index in [0.29, 0.717) is 16.6 Å². The van der Waals surface area contributed by atoms with Gasteiger partial charge in [-0.25, -0.2) is 4.98 Å². The van der Waals surface area contributed by atoms with Gasteiger partial charge in [0.05, 0.1) is 11.9 Å². The number of rotatable bonds is 5. The molecule has 0 bridgehead atoms. The van der Waals surface area contributed by atoms with Crippen LogP contribution in [0.25, 0.3) is 0 Å². The van der Waals surface area contributed by atoms with Crippen molar-refractivity contribution < 1.29 is 9.53 Å². The number of hydrogen-bond donors (Lipinski definition) is 1. The summed E-state index contributed by atoms with van der Waals surface area (Å²) in [5.74, 6) is 0.886. The summed E-state index contributed by atoms with van der Waals surface area (Å²) in [4.78, 5) is 18.7. The zero-order chi connectivity index (χ0) is 17.5. The average Bonchev–Trinajstić information content (AvgIpc) is 2.91. The van der Waals surface area contributed by atoms with Crippen molar-refractivity contribution in [2.45, 2.75) is 25.7 Å². The molecule has 1 aliphatic heterocycles. The Labute approximate surface area is 153 Å². The van der Waals surface area contributed by atoms with E-state index < -0.39 is 0 Å². The van der Waals surface area contributed by atoms with E-state index in [4.69, 9.17) is 16.3 Å². The van der Waals surface area contributed by atoms with E-state index in [2.05, 4.69) is 15.2 Å². The lowest BCUT2D eigenvalue weighted by Crippen LogP contribution is -2.24. The molecule has 6 heteroatoms. The maximum Gasteiger partial charge on any atom is 0.263 e. The molecule has 2 heterocycles. The third kappa shape index (κ3) is 5.36. The zero-order valence-electron chi connectivity index (χ0n) is 14.1. The fourth-order valence-electron chi connectivity index (χ4n) is 2.83. The lowest BCUT2D eigenvalue weighted by atomic mass is 10.2. The number of benzene rings is 1. The van der Waals surface area contributed by atoms with Crippen molar-refractivity contribution in [1.82, 2.24) is 4.98 Å². The minimum absolute atomic E-state index is 0.0722. The van der Waals surface area contributed by atoms with E-state index in [1.54, 1.807) is 24.3 Å². The third-order valence-electron chi connectivity index (χ3n) is 4.17. The Bertz CT molecular complexity index is 681. The fraction of sp³-hybridized carbons (Fsp3) is 0.368. The fourth-order valence-corrected chi connectivity index (χ4v) is 2.96. The van der Waals surface area contributed by atoms with Gasteiger partial charge in [0.15, 0.2) is 6.61 Å². The average molecular weight is 360 g/mol. The Balaban J connectivity index is 1.50. The van der Waals surface area contributed by atoms with Gasteiger partial charge in [-0.2, -0.15) is 0 Å². The molecule has 1 N–H and O–H groups in total. The number of carbonyl (C=O) groups is 1. The minimum atomic E-state index is -0.245. The highest BCUT2D eigenvalue weighted by molar-refractivity contribution is 6.30. The maximum atomic E-state index is 12.0. The molecule has 1 aliphatic rings. The Morgan fingerprint density at radius 1 is 1.08 bits per heavy atom. The van der Waals surface area contributed by atoms with Crippen LogP contribution in [-0.4, -0.2) is 30.6 Å². The van der Waals surface area contributed by atoms with E-state index >= 15 is 0 Å². The smallest absolute Gasteiger partial charge is 0.263 e. The summed E-state index contributed by atoms with van der Waals surface area (Å²) in [6.07, 6.45) is 6.86. The van der Waals surface area contributed by atoms with Crippen molar-refractivity contribution >= 4 is 29.0 Å². The van der Waals surface area contributed by atoms with Crippen LogP contribution in [0.2, 0.25) is 5.02 Å². The summed E-state index contributed by atoms with van der Waals surface area (Å²) >= 11 is 5.81. The van der Waals surface area contributed by atoms with Crippen LogP contribution < -0.4 is 15.0 Å². The van der Waals surface area contributed by atoms with Gasteiger partial charge in [0, 0.05) is 18.1 Å². The Morgan fingerprint density at radius 2 is 1.80 bits per heavy atom. The number of halogens is 1. The predicted molar refractivity (Wildman–Crippen MR) is 100 cm³/mol. The number of aromatic nitrogens is 1. The third-order valence-corrected chi connectivity index (χ3v) is 4.42. The van der Waals surface area contributed by atoms with Gasteiger partial charge >= 0.3 is 0 Å². The Kier molecular flexibility index (Phi) is 6.12. The van der Waals surface area contributed by atoms with Crippen molar-refractivity contribution in [3.8, 4) is 5.75 Å². The first kappa shape index (κ1) is 17.5. The number of pyridine rings is 1. The van der Waals surface area contributed by atoms with E-state index in [9.17, 15) is 4.79 Å². The second kappa shape index (κ2) is 8.72. The predicted octanol–water partition coefficient (Wildman–Crippen LogP) is 4.13. The second-order valence-corrected chi connectivity index (χ2v) is 6.53. The molecule has 1 fully saturated rings. The SMILES string of the molecule is O=C(COc1ccc(Cl)cc1)Nc1ccc(N2CCCCCC2)cn1. The van der Waals surface area contributed by atoms with E-state index in [1.807, 2.05) is 18.3 Å². The highest BCUT2D eigenvalue weighted by Crippen LogP contribution is 2.20. The van der Waals surface area contributed by atoms with Gasteiger partial charge in [0.25, 0.3) is 5.91 Å². The van der Waals surface area contributed by atoms with E-state index in [-0.39, 0.29) is 12.5 Å². The molecule has 1 saturated heterocycles. The van der Waals surface area contributed by atoms with Crippen molar-refractivity contribution in [2.75, 3.05) is 29.9 Å². The van der Waals surface area contributed by atoms with Gasteiger partial charge in [0.2, 0.25) is 0 Å². The van der Waals surface area contributed by atoms with Crippen LogP contribution >= 0.6 is 11.6 Å². The number of amides is 1.